The smallest absolute Gasteiger partial charge is 0.223 e. The number of rotatable bonds is 2. The molecular weight excluding hydrogens is 278 g/mol. The fraction of sp³-hybridized carbons (Fsp3) is 0.611. The highest BCUT2D eigenvalue weighted by molar-refractivity contribution is 7.98. The Hall–Kier alpha value is -0.960. The molecule has 2 aliphatic carbocycles. The predicted molar refractivity (Wildman–Crippen MR) is 88.5 cm³/mol. The van der Waals surface area contributed by atoms with Gasteiger partial charge in [-0.1, -0.05) is 26.3 Å². The van der Waals surface area contributed by atoms with E-state index in [0.29, 0.717) is 5.92 Å². The van der Waals surface area contributed by atoms with E-state index in [1.165, 1.54) is 22.4 Å². The number of fused-ring (bicyclic) bond motifs is 3. The van der Waals surface area contributed by atoms with E-state index >= 15 is 0 Å². The third-order valence-electron chi connectivity index (χ3n) is 6.12. The summed E-state index contributed by atoms with van der Waals surface area (Å²) >= 11 is 1.80. The molecule has 3 heteroatoms. The molecule has 0 aromatic heterocycles. The van der Waals surface area contributed by atoms with E-state index in [1.54, 1.807) is 11.8 Å². The second-order valence-electron chi connectivity index (χ2n) is 7.17. The predicted octanol–water partition coefficient (Wildman–Crippen LogP) is 3.90. The fourth-order valence-electron chi connectivity index (χ4n) is 4.89. The van der Waals surface area contributed by atoms with Gasteiger partial charge in [0, 0.05) is 10.3 Å². The summed E-state index contributed by atoms with van der Waals surface area (Å²) in [6.45, 7) is 4.45. The zero-order valence-electron chi connectivity index (χ0n) is 13.2. The zero-order valence-corrected chi connectivity index (χ0v) is 14.1. The number of carbonyl (C=O) groups excluding carboxylic acids is 1. The molecule has 114 valence electrons. The minimum atomic E-state index is -0.344. The van der Waals surface area contributed by atoms with Crippen molar-refractivity contribution in [2.75, 3.05) is 6.26 Å². The molecule has 2 N–H and O–H groups in total. The molecule has 0 spiro atoms. The van der Waals surface area contributed by atoms with Crippen LogP contribution in [-0.4, -0.2) is 12.2 Å². The van der Waals surface area contributed by atoms with E-state index < -0.39 is 0 Å². The van der Waals surface area contributed by atoms with Crippen LogP contribution in [0.25, 0.3) is 0 Å². The number of nitrogens with two attached hydrogens (primary N) is 1. The van der Waals surface area contributed by atoms with Crippen LogP contribution in [0.15, 0.2) is 23.1 Å². The number of thioether (sulfide) groups is 1. The maximum Gasteiger partial charge on any atom is 0.223 e. The van der Waals surface area contributed by atoms with Crippen molar-refractivity contribution in [2.45, 2.75) is 56.3 Å². The monoisotopic (exact) mass is 303 g/mol. The molecule has 1 aromatic carbocycles. The zero-order chi connectivity index (χ0) is 15.3. The van der Waals surface area contributed by atoms with Crippen molar-refractivity contribution in [3.63, 3.8) is 0 Å². The Kier molecular flexibility index (Phi) is 3.59. The number of primary amides is 1. The van der Waals surface area contributed by atoms with Crippen molar-refractivity contribution in [2.24, 2.45) is 17.1 Å². The molecule has 3 rings (SSSR count). The molecule has 1 fully saturated rings. The third-order valence-corrected chi connectivity index (χ3v) is 6.85. The van der Waals surface area contributed by atoms with Crippen LogP contribution < -0.4 is 5.73 Å². The van der Waals surface area contributed by atoms with Gasteiger partial charge in [0.1, 0.15) is 0 Å². The van der Waals surface area contributed by atoms with Crippen LogP contribution in [0.2, 0.25) is 0 Å². The first kappa shape index (κ1) is 15.0. The molecule has 21 heavy (non-hydrogen) atoms. The normalized spacial score (nSPS) is 34.9. The van der Waals surface area contributed by atoms with Gasteiger partial charge >= 0.3 is 0 Å². The summed E-state index contributed by atoms with van der Waals surface area (Å²) in [5.74, 6) is 0.270. The lowest BCUT2D eigenvalue weighted by Gasteiger charge is -2.54. The Morgan fingerprint density at radius 3 is 2.76 bits per heavy atom. The first-order valence-electron chi connectivity index (χ1n) is 7.89. The Balaban J connectivity index is 2.09. The van der Waals surface area contributed by atoms with E-state index in [9.17, 15) is 4.79 Å². The molecule has 1 saturated carbocycles. The third kappa shape index (κ3) is 2.12. The van der Waals surface area contributed by atoms with Gasteiger partial charge in [-0.15, -0.1) is 11.8 Å². The minimum absolute atomic E-state index is 0.104. The van der Waals surface area contributed by atoms with E-state index in [-0.39, 0.29) is 16.7 Å². The molecule has 0 saturated heterocycles. The van der Waals surface area contributed by atoms with Gasteiger partial charge in [0.05, 0.1) is 0 Å². The van der Waals surface area contributed by atoms with E-state index in [0.717, 1.165) is 25.7 Å². The highest BCUT2D eigenvalue weighted by Gasteiger charge is 2.54. The summed E-state index contributed by atoms with van der Waals surface area (Å²) in [5.41, 5.74) is 8.49. The number of benzene rings is 1. The Morgan fingerprint density at radius 1 is 1.33 bits per heavy atom. The number of amides is 1. The van der Waals surface area contributed by atoms with Gasteiger partial charge in [-0.25, -0.2) is 0 Å². The molecule has 2 aliphatic rings. The summed E-state index contributed by atoms with van der Waals surface area (Å²) in [4.78, 5) is 13.4. The van der Waals surface area contributed by atoms with Crippen molar-refractivity contribution in [3.05, 3.63) is 29.3 Å². The summed E-state index contributed by atoms with van der Waals surface area (Å²) in [7, 11) is 0. The van der Waals surface area contributed by atoms with Crippen molar-refractivity contribution >= 4 is 17.7 Å². The Morgan fingerprint density at radius 2 is 2.10 bits per heavy atom. The highest BCUT2D eigenvalue weighted by Crippen LogP contribution is 2.57. The molecule has 0 bridgehead atoms. The van der Waals surface area contributed by atoms with Crippen molar-refractivity contribution in [1.82, 2.24) is 0 Å². The highest BCUT2D eigenvalue weighted by atomic mass is 32.2. The van der Waals surface area contributed by atoms with Gasteiger partial charge in [-0.3, -0.25) is 4.79 Å². The standard InChI is InChI=1S/C18H25NOS/c1-17-9-4-10-18(2,16(19)20)15(17)8-5-12-11-13(21-3)6-7-14(12)17/h6-7,11,15H,4-5,8-10H2,1-3H3,(H2,19,20). The number of carbonyl (C=O) groups is 1. The Bertz CT molecular complexity index is 585. The van der Waals surface area contributed by atoms with Crippen LogP contribution in [0.3, 0.4) is 0 Å². The van der Waals surface area contributed by atoms with Crippen LogP contribution >= 0.6 is 11.8 Å². The van der Waals surface area contributed by atoms with Crippen LogP contribution in [-0.2, 0) is 16.6 Å². The van der Waals surface area contributed by atoms with Crippen molar-refractivity contribution in [3.8, 4) is 0 Å². The summed E-state index contributed by atoms with van der Waals surface area (Å²) in [5, 5.41) is 0. The topological polar surface area (TPSA) is 43.1 Å². The molecule has 3 unspecified atom stereocenters. The maximum absolute atomic E-state index is 12.1. The van der Waals surface area contributed by atoms with Crippen LogP contribution in [0.5, 0.6) is 0 Å². The lowest BCUT2D eigenvalue weighted by Crippen LogP contribution is -2.54. The molecule has 2 nitrogen and oxygen atoms in total. The SMILES string of the molecule is CSc1ccc2c(c1)CCC1C(C)(C(N)=O)CCCC21C. The molecule has 1 aromatic rings. The summed E-state index contributed by atoms with van der Waals surface area (Å²) < 4.78 is 0. The van der Waals surface area contributed by atoms with Gasteiger partial charge in [0.25, 0.3) is 0 Å². The lowest BCUT2D eigenvalue weighted by molar-refractivity contribution is -0.135. The quantitative estimate of drug-likeness (QED) is 0.842. The number of aryl methyl sites for hydroxylation is 1. The maximum atomic E-state index is 12.1. The van der Waals surface area contributed by atoms with Gasteiger partial charge in [0.2, 0.25) is 5.91 Å². The number of hydrogen-bond donors (Lipinski definition) is 1. The first-order valence-corrected chi connectivity index (χ1v) is 9.11. The van der Waals surface area contributed by atoms with Crippen LogP contribution in [0, 0.1) is 11.3 Å². The molecule has 1 amide bonds. The second kappa shape index (κ2) is 5.05. The van der Waals surface area contributed by atoms with Crippen molar-refractivity contribution < 1.29 is 4.79 Å². The lowest BCUT2D eigenvalue weighted by atomic mass is 9.49. The molecule has 0 aliphatic heterocycles. The van der Waals surface area contributed by atoms with Gasteiger partial charge in [0.15, 0.2) is 0 Å². The van der Waals surface area contributed by atoms with E-state index in [1.807, 2.05) is 0 Å². The van der Waals surface area contributed by atoms with Crippen molar-refractivity contribution in [1.29, 1.82) is 0 Å². The fourth-order valence-corrected chi connectivity index (χ4v) is 5.35. The second-order valence-corrected chi connectivity index (χ2v) is 8.05. The Labute approximate surface area is 131 Å². The summed E-state index contributed by atoms with van der Waals surface area (Å²) in [6.07, 6.45) is 7.50. The van der Waals surface area contributed by atoms with E-state index in [2.05, 4.69) is 38.3 Å². The largest absolute Gasteiger partial charge is 0.369 e. The van der Waals surface area contributed by atoms with Gasteiger partial charge in [-0.2, -0.15) is 0 Å². The average Bonchev–Trinajstić information content (AvgIpc) is 2.46. The van der Waals surface area contributed by atoms with Gasteiger partial charge in [-0.05, 0) is 66.5 Å². The summed E-state index contributed by atoms with van der Waals surface area (Å²) in [6, 6.07) is 6.88. The molecular formula is C18H25NOS. The number of hydrogen-bond acceptors (Lipinski definition) is 2. The van der Waals surface area contributed by atoms with E-state index in [4.69, 9.17) is 5.73 Å². The van der Waals surface area contributed by atoms with Crippen LogP contribution in [0.4, 0.5) is 0 Å². The minimum Gasteiger partial charge on any atom is -0.369 e. The molecule has 3 atom stereocenters. The van der Waals surface area contributed by atoms with Crippen LogP contribution in [0.1, 0.15) is 50.7 Å². The molecule has 0 heterocycles. The average molecular weight is 303 g/mol. The molecule has 0 radical (unpaired) electrons. The van der Waals surface area contributed by atoms with Gasteiger partial charge < -0.3 is 5.73 Å². The first-order chi connectivity index (χ1) is 9.91.